The van der Waals surface area contributed by atoms with Crippen LogP contribution in [0.3, 0.4) is 0 Å². The highest BCUT2D eigenvalue weighted by Gasteiger charge is 2.51. The van der Waals surface area contributed by atoms with Crippen molar-refractivity contribution in [3.8, 4) is 5.75 Å². The first-order valence-corrected chi connectivity index (χ1v) is 10.8. The van der Waals surface area contributed by atoms with E-state index in [1.165, 1.54) is 23.5 Å². The van der Waals surface area contributed by atoms with Crippen LogP contribution in [-0.4, -0.2) is 43.7 Å². The molecular weight excluding hydrogens is 355 g/mol. The molecule has 0 saturated carbocycles. The van der Waals surface area contributed by atoms with Crippen LogP contribution < -0.4 is 10.2 Å². The zero-order chi connectivity index (χ0) is 18.1. The second-order valence-corrected chi connectivity index (χ2v) is 10.1. The summed E-state index contributed by atoms with van der Waals surface area (Å²) in [5.41, 5.74) is 1.57. The molecule has 2 saturated heterocycles. The molecule has 0 spiro atoms. The van der Waals surface area contributed by atoms with Crippen LogP contribution >= 0.6 is 23.5 Å². The highest BCUT2D eigenvalue weighted by atomic mass is 32.2. The molecule has 2 heterocycles. The number of benzene rings is 1. The van der Waals surface area contributed by atoms with E-state index < -0.39 is 0 Å². The number of ether oxygens (including phenoxy) is 2. The molecule has 0 radical (unpaired) electrons. The molecular formula is C18H27BO4S2. The molecule has 0 unspecified atom stereocenters. The summed E-state index contributed by atoms with van der Waals surface area (Å²) in [5, 5.41) is 0. The minimum atomic E-state index is -0.348. The summed E-state index contributed by atoms with van der Waals surface area (Å²) >= 11 is 3.95. The van der Waals surface area contributed by atoms with Crippen molar-refractivity contribution in [3.05, 3.63) is 23.8 Å². The van der Waals surface area contributed by atoms with Crippen molar-refractivity contribution in [3.63, 3.8) is 0 Å². The second kappa shape index (κ2) is 7.73. The van der Waals surface area contributed by atoms with Gasteiger partial charge in [-0.25, -0.2) is 0 Å². The van der Waals surface area contributed by atoms with Crippen molar-refractivity contribution >= 4 is 36.1 Å². The average molecular weight is 382 g/mol. The van der Waals surface area contributed by atoms with Gasteiger partial charge in [-0.3, -0.25) is 0 Å². The van der Waals surface area contributed by atoms with Crippen LogP contribution in [0.2, 0.25) is 0 Å². The Morgan fingerprint density at radius 1 is 1.12 bits per heavy atom. The lowest BCUT2D eigenvalue weighted by molar-refractivity contribution is 0.00578. The van der Waals surface area contributed by atoms with Crippen molar-refractivity contribution < 1.29 is 18.8 Å². The van der Waals surface area contributed by atoms with Crippen molar-refractivity contribution in [1.29, 1.82) is 0 Å². The van der Waals surface area contributed by atoms with Gasteiger partial charge in [0.05, 0.1) is 15.8 Å². The number of hydrogen-bond acceptors (Lipinski definition) is 6. The monoisotopic (exact) mass is 382 g/mol. The summed E-state index contributed by atoms with van der Waals surface area (Å²) in [6, 6.07) is 6.24. The van der Waals surface area contributed by atoms with E-state index in [0.29, 0.717) is 4.58 Å². The number of thioether (sulfide) groups is 2. The van der Waals surface area contributed by atoms with E-state index >= 15 is 0 Å². The maximum atomic E-state index is 6.21. The Hall–Kier alpha value is -0.335. The molecule has 0 bridgehead atoms. The van der Waals surface area contributed by atoms with Crippen LogP contribution in [0.1, 0.15) is 44.3 Å². The Morgan fingerprint density at radius 3 is 2.36 bits per heavy atom. The van der Waals surface area contributed by atoms with E-state index in [0.717, 1.165) is 11.2 Å². The minimum absolute atomic E-state index is 0.255. The van der Waals surface area contributed by atoms with Gasteiger partial charge in [-0.15, -0.1) is 23.5 Å². The Balaban J connectivity index is 1.88. The van der Waals surface area contributed by atoms with Gasteiger partial charge >= 0.3 is 7.12 Å². The minimum Gasteiger partial charge on any atom is -0.467 e. The molecule has 0 aliphatic carbocycles. The molecule has 0 N–H and O–H groups in total. The van der Waals surface area contributed by atoms with E-state index in [2.05, 4.69) is 33.8 Å². The normalized spacial score (nSPS) is 23.0. The number of methoxy groups -OCH3 is 1. The average Bonchev–Trinajstić information content (AvgIpc) is 2.81. The molecule has 4 nitrogen and oxygen atoms in total. The summed E-state index contributed by atoms with van der Waals surface area (Å²) in [4.78, 5) is 0. The SMILES string of the molecule is COCOc1ccc(B2OC(C)(C)C(C)(C)O2)cc1C1SCCCS1. The predicted molar refractivity (Wildman–Crippen MR) is 107 cm³/mol. The fourth-order valence-corrected chi connectivity index (χ4v) is 5.72. The smallest absolute Gasteiger partial charge is 0.467 e. The first-order valence-electron chi connectivity index (χ1n) is 8.68. The van der Waals surface area contributed by atoms with Gasteiger partial charge < -0.3 is 18.8 Å². The van der Waals surface area contributed by atoms with E-state index in [9.17, 15) is 0 Å². The fraction of sp³-hybridized carbons (Fsp3) is 0.667. The van der Waals surface area contributed by atoms with Crippen molar-refractivity contribution in [2.75, 3.05) is 25.4 Å². The largest absolute Gasteiger partial charge is 0.494 e. The molecule has 0 atom stereocenters. The van der Waals surface area contributed by atoms with Crippen LogP contribution in [0.5, 0.6) is 5.75 Å². The molecule has 3 rings (SSSR count). The van der Waals surface area contributed by atoms with Gasteiger partial charge in [-0.1, -0.05) is 12.1 Å². The van der Waals surface area contributed by atoms with Crippen LogP contribution in [0.4, 0.5) is 0 Å². The molecule has 2 aliphatic rings. The van der Waals surface area contributed by atoms with Crippen LogP contribution in [0, 0.1) is 0 Å². The predicted octanol–water partition coefficient (Wildman–Crippen LogP) is 3.84. The lowest BCUT2D eigenvalue weighted by atomic mass is 9.78. The van der Waals surface area contributed by atoms with Gasteiger partial charge in [0.1, 0.15) is 5.75 Å². The van der Waals surface area contributed by atoms with Gasteiger partial charge in [0.15, 0.2) is 6.79 Å². The standard InChI is InChI=1S/C18H27BO4S2/c1-17(2)18(3,4)23-19(22-17)13-7-8-15(21-12-20-5)14(11-13)16-24-9-6-10-25-16/h7-8,11,16H,6,9-10,12H2,1-5H3. The molecule has 0 aromatic heterocycles. The molecule has 1 aromatic rings. The Labute approximate surface area is 159 Å². The van der Waals surface area contributed by atoms with Gasteiger partial charge in [0.2, 0.25) is 0 Å². The summed E-state index contributed by atoms with van der Waals surface area (Å²) in [6.45, 7) is 8.58. The summed E-state index contributed by atoms with van der Waals surface area (Å²) in [5.74, 6) is 3.25. The number of hydrogen-bond donors (Lipinski definition) is 0. The van der Waals surface area contributed by atoms with Crippen molar-refractivity contribution in [1.82, 2.24) is 0 Å². The lowest BCUT2D eigenvalue weighted by Crippen LogP contribution is -2.41. The van der Waals surface area contributed by atoms with Gasteiger partial charge in [-0.05, 0) is 57.2 Å². The van der Waals surface area contributed by atoms with Gasteiger partial charge in [-0.2, -0.15) is 0 Å². The van der Waals surface area contributed by atoms with Crippen LogP contribution in [0.15, 0.2) is 18.2 Å². The molecule has 7 heteroatoms. The van der Waals surface area contributed by atoms with Gasteiger partial charge in [0.25, 0.3) is 0 Å². The van der Waals surface area contributed by atoms with Crippen LogP contribution in [0.25, 0.3) is 0 Å². The fourth-order valence-electron chi connectivity index (χ4n) is 2.80. The number of rotatable bonds is 5. The van der Waals surface area contributed by atoms with Crippen molar-refractivity contribution in [2.45, 2.75) is 49.9 Å². The molecule has 2 fully saturated rings. The first-order chi connectivity index (χ1) is 11.8. The highest BCUT2D eigenvalue weighted by molar-refractivity contribution is 8.16. The van der Waals surface area contributed by atoms with E-state index in [-0.39, 0.29) is 25.1 Å². The maximum Gasteiger partial charge on any atom is 0.494 e. The molecule has 0 amide bonds. The third-order valence-corrected chi connectivity index (χ3v) is 7.95. The quantitative estimate of drug-likeness (QED) is 0.569. The zero-order valence-electron chi connectivity index (χ0n) is 15.7. The summed E-state index contributed by atoms with van der Waals surface area (Å²) in [6.07, 6.45) is 1.26. The third kappa shape index (κ3) is 4.16. The first kappa shape index (κ1) is 19.4. The second-order valence-electron chi connectivity index (χ2n) is 7.36. The van der Waals surface area contributed by atoms with E-state index in [1.54, 1.807) is 7.11 Å². The van der Waals surface area contributed by atoms with E-state index in [4.69, 9.17) is 18.8 Å². The topological polar surface area (TPSA) is 36.9 Å². The Bertz CT molecular complexity index is 587. The maximum absolute atomic E-state index is 6.21. The van der Waals surface area contributed by atoms with Crippen molar-refractivity contribution in [2.24, 2.45) is 0 Å². The third-order valence-electron chi connectivity index (χ3n) is 4.97. The molecule has 2 aliphatic heterocycles. The zero-order valence-corrected chi connectivity index (χ0v) is 17.3. The molecule has 1 aromatic carbocycles. The molecule has 25 heavy (non-hydrogen) atoms. The lowest BCUT2D eigenvalue weighted by Gasteiger charge is -2.32. The molecule has 138 valence electrons. The Kier molecular flexibility index (Phi) is 6.00. The Morgan fingerprint density at radius 2 is 1.76 bits per heavy atom. The summed E-state index contributed by atoms with van der Waals surface area (Å²) in [7, 11) is 1.29. The van der Waals surface area contributed by atoms with E-state index in [1.807, 2.05) is 35.7 Å². The van der Waals surface area contributed by atoms with Crippen LogP contribution in [-0.2, 0) is 14.0 Å². The van der Waals surface area contributed by atoms with Gasteiger partial charge in [0, 0.05) is 12.7 Å². The highest BCUT2D eigenvalue weighted by Crippen LogP contribution is 2.46. The summed E-state index contributed by atoms with van der Waals surface area (Å²) < 4.78 is 23.7.